The topological polar surface area (TPSA) is 205 Å². The molecule has 0 aliphatic carbocycles. The Balaban J connectivity index is 1.32. The maximum absolute atomic E-state index is 12.9. The van der Waals surface area contributed by atoms with Crippen LogP contribution in [0.25, 0.3) is 0 Å². The fourth-order valence-corrected chi connectivity index (χ4v) is 4.56. The first-order valence-electron chi connectivity index (χ1n) is 12.9. The quantitative estimate of drug-likeness (QED) is 0.0764. The predicted octanol–water partition coefficient (Wildman–Crippen LogP) is 2.41. The second-order valence-electron chi connectivity index (χ2n) is 9.30. The Labute approximate surface area is 238 Å². The second kappa shape index (κ2) is 13.2. The molecule has 4 rings (SSSR count). The minimum Gasteiger partial charge on any atom is -0.496 e. The van der Waals surface area contributed by atoms with E-state index in [2.05, 4.69) is 15.3 Å². The van der Waals surface area contributed by atoms with Gasteiger partial charge >= 0.3 is 17.6 Å². The van der Waals surface area contributed by atoms with Crippen LogP contribution in [-0.4, -0.2) is 61.1 Å². The van der Waals surface area contributed by atoms with Gasteiger partial charge in [-0.25, -0.2) is 28.9 Å². The fraction of sp³-hybridized carbons (Fsp3) is 0.440. The zero-order chi connectivity index (χ0) is 30.4. The molecule has 2 aromatic heterocycles. The lowest BCUT2D eigenvalue weighted by Gasteiger charge is -2.14. The van der Waals surface area contributed by atoms with Gasteiger partial charge in [-0.1, -0.05) is 0 Å². The Morgan fingerprint density at radius 1 is 1.02 bits per heavy atom. The minimum atomic E-state index is -1.08. The molecule has 1 aliphatic heterocycles. The standard InChI is InChI=1S/C25H29N7O10/c1-15-26-12-22(31(35)36)29(15)6-8-40-25(34)19-5-4-17-10-18(21(39-3)11-20(17)28-24(19)33)14-42-41-9-7-30-16(2)27-13-23(30)32(37)38/h10-13,19H,4-9,14H2,1-3H3,(H,28,33). The Morgan fingerprint density at radius 3 is 2.24 bits per heavy atom. The molecule has 17 heteroatoms. The van der Waals surface area contributed by atoms with Gasteiger partial charge in [0.15, 0.2) is 11.6 Å². The molecule has 0 radical (unpaired) electrons. The van der Waals surface area contributed by atoms with Crippen LogP contribution in [0.5, 0.6) is 5.75 Å². The number of anilines is 1. The maximum Gasteiger partial charge on any atom is 0.342 e. The zero-order valence-corrected chi connectivity index (χ0v) is 23.1. The van der Waals surface area contributed by atoms with E-state index < -0.39 is 27.6 Å². The highest BCUT2D eigenvalue weighted by atomic mass is 17.2. The van der Waals surface area contributed by atoms with Crippen molar-refractivity contribution in [3.05, 3.63) is 67.5 Å². The van der Waals surface area contributed by atoms with Crippen molar-refractivity contribution < 1.29 is 38.7 Å². The number of esters is 1. The lowest BCUT2D eigenvalue weighted by molar-refractivity contribution is -0.392. The van der Waals surface area contributed by atoms with E-state index in [-0.39, 0.29) is 51.0 Å². The summed E-state index contributed by atoms with van der Waals surface area (Å²) in [5.41, 5.74) is 1.84. The number of carbonyl (C=O) groups excluding carboxylic acids is 2. The molecule has 0 spiro atoms. The summed E-state index contributed by atoms with van der Waals surface area (Å²) in [4.78, 5) is 65.2. The Kier molecular flexibility index (Phi) is 9.43. The van der Waals surface area contributed by atoms with Crippen LogP contribution in [0.4, 0.5) is 17.3 Å². The number of nitrogens with zero attached hydrogens (tertiary/aromatic N) is 6. The van der Waals surface area contributed by atoms with E-state index >= 15 is 0 Å². The Morgan fingerprint density at radius 2 is 1.64 bits per heavy atom. The van der Waals surface area contributed by atoms with Crippen LogP contribution in [0.1, 0.15) is 29.2 Å². The molecular formula is C25H29N7O10. The normalized spacial score (nSPS) is 14.5. The van der Waals surface area contributed by atoms with Gasteiger partial charge < -0.3 is 35.0 Å². The molecule has 42 heavy (non-hydrogen) atoms. The smallest absolute Gasteiger partial charge is 0.342 e. The van der Waals surface area contributed by atoms with E-state index in [1.807, 2.05) is 0 Å². The number of rotatable bonds is 13. The highest BCUT2D eigenvalue weighted by Crippen LogP contribution is 2.32. The molecule has 1 aromatic carbocycles. The average molecular weight is 588 g/mol. The molecule has 0 fully saturated rings. The van der Waals surface area contributed by atoms with Crippen LogP contribution in [0, 0.1) is 40.0 Å². The molecule has 3 aromatic rings. The van der Waals surface area contributed by atoms with Gasteiger partial charge in [0.25, 0.3) is 0 Å². The lowest BCUT2D eigenvalue weighted by Crippen LogP contribution is -2.31. The Hall–Kier alpha value is -4.90. The third kappa shape index (κ3) is 6.69. The summed E-state index contributed by atoms with van der Waals surface area (Å²) in [6.07, 6.45) is 2.84. The number of hydrogen-bond acceptors (Lipinski definition) is 12. The molecular weight excluding hydrogens is 558 g/mol. The number of nitro groups is 2. The summed E-state index contributed by atoms with van der Waals surface area (Å²) in [5.74, 6) is -1.44. The van der Waals surface area contributed by atoms with Crippen molar-refractivity contribution in [2.24, 2.45) is 5.92 Å². The summed E-state index contributed by atoms with van der Waals surface area (Å²) in [6.45, 7) is 3.26. The summed E-state index contributed by atoms with van der Waals surface area (Å²) in [6, 6.07) is 3.40. The number of aryl methyl sites for hydroxylation is 3. The number of ether oxygens (including phenoxy) is 2. The van der Waals surface area contributed by atoms with Gasteiger partial charge in [-0.2, -0.15) is 0 Å². The van der Waals surface area contributed by atoms with Gasteiger partial charge in [-0.3, -0.25) is 9.59 Å². The third-order valence-corrected chi connectivity index (χ3v) is 6.76. The van der Waals surface area contributed by atoms with E-state index in [4.69, 9.17) is 19.2 Å². The van der Waals surface area contributed by atoms with Gasteiger partial charge in [0.1, 0.15) is 57.0 Å². The number of nitrogens with one attached hydrogen (secondary N) is 1. The van der Waals surface area contributed by atoms with Crippen molar-refractivity contribution in [2.45, 2.75) is 46.4 Å². The van der Waals surface area contributed by atoms with Crippen LogP contribution in [-0.2, 0) is 50.2 Å². The third-order valence-electron chi connectivity index (χ3n) is 6.76. The number of methoxy groups -OCH3 is 1. The van der Waals surface area contributed by atoms with Crippen molar-refractivity contribution >= 4 is 29.2 Å². The molecule has 1 amide bonds. The van der Waals surface area contributed by atoms with Gasteiger partial charge in [-0.05, 0) is 34.3 Å². The summed E-state index contributed by atoms with van der Waals surface area (Å²) < 4.78 is 13.5. The van der Waals surface area contributed by atoms with E-state index in [0.29, 0.717) is 35.1 Å². The monoisotopic (exact) mass is 587 g/mol. The number of fused-ring (bicyclic) bond motifs is 1. The highest BCUT2D eigenvalue weighted by Gasteiger charge is 2.32. The van der Waals surface area contributed by atoms with Crippen molar-refractivity contribution in [2.75, 3.05) is 25.6 Å². The van der Waals surface area contributed by atoms with Gasteiger partial charge in [0.2, 0.25) is 5.91 Å². The molecule has 0 bridgehead atoms. The molecule has 0 saturated heterocycles. The molecule has 0 saturated carbocycles. The number of benzene rings is 1. The minimum absolute atomic E-state index is 0.0132. The van der Waals surface area contributed by atoms with Gasteiger partial charge in [0, 0.05) is 31.2 Å². The molecule has 3 heterocycles. The number of carbonyl (C=O) groups is 2. The van der Waals surface area contributed by atoms with Crippen LogP contribution in [0.3, 0.4) is 0 Å². The molecule has 224 valence electrons. The van der Waals surface area contributed by atoms with Crippen LogP contribution in [0.15, 0.2) is 24.5 Å². The van der Waals surface area contributed by atoms with Crippen molar-refractivity contribution in [3.63, 3.8) is 0 Å². The number of imidazole rings is 2. The molecule has 1 unspecified atom stereocenters. The van der Waals surface area contributed by atoms with Gasteiger partial charge in [-0.15, -0.1) is 0 Å². The van der Waals surface area contributed by atoms with E-state index in [1.165, 1.54) is 22.4 Å². The van der Waals surface area contributed by atoms with Crippen LogP contribution < -0.4 is 10.1 Å². The van der Waals surface area contributed by atoms with Crippen molar-refractivity contribution in [1.82, 2.24) is 19.1 Å². The zero-order valence-electron chi connectivity index (χ0n) is 23.1. The summed E-state index contributed by atoms with van der Waals surface area (Å²) >= 11 is 0. The summed E-state index contributed by atoms with van der Waals surface area (Å²) in [7, 11) is 1.46. The Bertz CT molecular complexity index is 1500. The molecule has 1 aliphatic rings. The number of amides is 1. The van der Waals surface area contributed by atoms with E-state index in [1.54, 1.807) is 26.0 Å². The summed E-state index contributed by atoms with van der Waals surface area (Å²) in [5, 5.41) is 25.0. The first-order valence-corrected chi connectivity index (χ1v) is 12.9. The van der Waals surface area contributed by atoms with Crippen LogP contribution >= 0.6 is 0 Å². The fourth-order valence-electron chi connectivity index (χ4n) is 4.56. The van der Waals surface area contributed by atoms with Gasteiger partial charge in [0.05, 0.1) is 7.11 Å². The van der Waals surface area contributed by atoms with Crippen molar-refractivity contribution in [1.29, 1.82) is 0 Å². The van der Waals surface area contributed by atoms with Crippen molar-refractivity contribution in [3.8, 4) is 5.75 Å². The van der Waals surface area contributed by atoms with E-state index in [9.17, 15) is 29.8 Å². The highest BCUT2D eigenvalue weighted by molar-refractivity contribution is 6.05. The maximum atomic E-state index is 12.9. The first kappa shape index (κ1) is 30.1. The second-order valence-corrected chi connectivity index (χ2v) is 9.30. The van der Waals surface area contributed by atoms with Crippen LogP contribution in [0.2, 0.25) is 0 Å². The largest absolute Gasteiger partial charge is 0.496 e. The molecule has 1 atom stereocenters. The van der Waals surface area contributed by atoms with E-state index in [0.717, 1.165) is 11.8 Å². The predicted molar refractivity (Wildman–Crippen MR) is 142 cm³/mol. The average Bonchev–Trinajstić information content (AvgIpc) is 3.46. The molecule has 17 nitrogen and oxygen atoms in total. The lowest BCUT2D eigenvalue weighted by atomic mass is 9.99. The SMILES string of the molecule is COc1cc2c(cc1COOCCn1c([N+](=O)[O-])cnc1C)CCC(C(=O)OCCn1c([N+](=O)[O-])cnc1C)C(=O)N2. The number of hydrogen-bond donors (Lipinski definition) is 1. The molecule has 1 N–H and O–H groups in total. The number of aromatic nitrogens is 4. The first-order chi connectivity index (χ1) is 20.1.